The van der Waals surface area contributed by atoms with E-state index in [1.807, 2.05) is 0 Å². The third kappa shape index (κ3) is 2.56. The maximum atomic E-state index is 13.9. The van der Waals surface area contributed by atoms with Crippen molar-refractivity contribution < 1.29 is 13.9 Å². The lowest BCUT2D eigenvalue weighted by atomic mass is 9.98. The first-order chi connectivity index (χ1) is 9.72. The molecule has 1 aromatic carbocycles. The second-order valence-corrected chi connectivity index (χ2v) is 4.07. The normalized spacial score (nSPS) is 12.0. The molecule has 106 valence electrons. The fourth-order valence-electron chi connectivity index (χ4n) is 2.11. The number of hydrogen-bond donors (Lipinski definition) is 2. The van der Waals surface area contributed by atoms with Gasteiger partial charge in [0.25, 0.3) is 0 Å². The van der Waals surface area contributed by atoms with Crippen molar-refractivity contribution >= 4 is 0 Å². The van der Waals surface area contributed by atoms with Crippen LogP contribution in [0.25, 0.3) is 0 Å². The van der Waals surface area contributed by atoms with Crippen LogP contribution in [0.5, 0.6) is 11.5 Å². The highest BCUT2D eigenvalue weighted by molar-refractivity contribution is 5.50. The molecule has 6 heteroatoms. The summed E-state index contributed by atoms with van der Waals surface area (Å²) in [6.45, 7) is 0. The molecule has 20 heavy (non-hydrogen) atoms. The molecule has 0 saturated carbocycles. The number of pyridine rings is 1. The zero-order chi connectivity index (χ0) is 14.5. The molecule has 0 spiro atoms. The predicted molar refractivity (Wildman–Crippen MR) is 72.9 cm³/mol. The SMILES string of the molecule is COc1cccc(OC)c1C(NN)c1ccncc1F. The van der Waals surface area contributed by atoms with Crippen LogP contribution in [0, 0.1) is 5.82 Å². The van der Waals surface area contributed by atoms with Crippen LogP contribution in [0.4, 0.5) is 4.39 Å². The third-order valence-electron chi connectivity index (χ3n) is 3.04. The molecule has 0 fully saturated rings. The molecular formula is C14H16FN3O2. The fraction of sp³-hybridized carbons (Fsp3) is 0.214. The minimum Gasteiger partial charge on any atom is -0.496 e. The van der Waals surface area contributed by atoms with E-state index in [1.54, 1.807) is 24.3 Å². The minimum atomic E-state index is -0.607. The molecule has 0 aliphatic heterocycles. The number of halogens is 1. The van der Waals surface area contributed by atoms with Crippen molar-refractivity contribution in [2.75, 3.05) is 14.2 Å². The lowest BCUT2D eigenvalue weighted by Gasteiger charge is -2.22. The van der Waals surface area contributed by atoms with E-state index in [2.05, 4.69) is 10.4 Å². The van der Waals surface area contributed by atoms with Crippen molar-refractivity contribution in [3.05, 3.63) is 53.6 Å². The zero-order valence-corrected chi connectivity index (χ0v) is 11.3. The molecule has 1 atom stereocenters. The highest BCUT2D eigenvalue weighted by Crippen LogP contribution is 2.37. The predicted octanol–water partition coefficient (Wildman–Crippen LogP) is 1.79. The van der Waals surface area contributed by atoms with Crippen molar-refractivity contribution in [2.24, 2.45) is 5.84 Å². The number of hydrazine groups is 1. The lowest BCUT2D eigenvalue weighted by Crippen LogP contribution is -2.30. The van der Waals surface area contributed by atoms with Crippen molar-refractivity contribution in [1.82, 2.24) is 10.4 Å². The lowest BCUT2D eigenvalue weighted by molar-refractivity contribution is 0.376. The Morgan fingerprint density at radius 3 is 2.35 bits per heavy atom. The van der Waals surface area contributed by atoms with Gasteiger partial charge < -0.3 is 9.47 Å². The van der Waals surface area contributed by atoms with Crippen LogP contribution in [-0.4, -0.2) is 19.2 Å². The highest BCUT2D eigenvalue weighted by atomic mass is 19.1. The first-order valence-electron chi connectivity index (χ1n) is 5.99. The van der Waals surface area contributed by atoms with Crippen molar-refractivity contribution in [3.63, 3.8) is 0 Å². The van der Waals surface area contributed by atoms with Gasteiger partial charge in [-0.3, -0.25) is 10.8 Å². The molecule has 0 radical (unpaired) electrons. The maximum absolute atomic E-state index is 13.9. The Labute approximate surface area is 116 Å². The molecule has 5 nitrogen and oxygen atoms in total. The summed E-state index contributed by atoms with van der Waals surface area (Å²) in [5, 5.41) is 0. The summed E-state index contributed by atoms with van der Waals surface area (Å²) < 4.78 is 24.6. The Hall–Kier alpha value is -2.18. The molecule has 0 aliphatic carbocycles. The highest BCUT2D eigenvalue weighted by Gasteiger charge is 2.24. The number of ether oxygens (including phenoxy) is 2. The Balaban J connectivity index is 2.60. The van der Waals surface area contributed by atoms with Gasteiger partial charge in [-0.15, -0.1) is 0 Å². The second kappa shape index (κ2) is 6.31. The van der Waals surface area contributed by atoms with Gasteiger partial charge in [-0.2, -0.15) is 0 Å². The number of nitrogens with one attached hydrogen (secondary N) is 1. The number of nitrogens with two attached hydrogens (primary N) is 1. The molecule has 2 aromatic rings. The molecule has 2 rings (SSSR count). The molecule has 3 N–H and O–H groups in total. The molecule has 0 saturated heterocycles. The second-order valence-electron chi connectivity index (χ2n) is 4.07. The molecule has 0 aliphatic rings. The number of nitrogens with zero attached hydrogens (tertiary/aromatic N) is 1. The number of hydrogen-bond acceptors (Lipinski definition) is 5. The van der Waals surface area contributed by atoms with E-state index < -0.39 is 11.9 Å². The summed E-state index contributed by atoms with van der Waals surface area (Å²) in [6, 6.07) is 6.27. The van der Waals surface area contributed by atoms with Gasteiger partial charge in [0.05, 0.1) is 32.0 Å². The molecule has 0 amide bonds. The first-order valence-corrected chi connectivity index (χ1v) is 5.99. The summed E-state index contributed by atoms with van der Waals surface area (Å²) in [6.07, 6.45) is 2.65. The van der Waals surface area contributed by atoms with Crippen LogP contribution >= 0.6 is 0 Å². The van der Waals surface area contributed by atoms with E-state index in [-0.39, 0.29) is 0 Å². The van der Waals surface area contributed by atoms with E-state index in [0.717, 1.165) is 6.20 Å². The maximum Gasteiger partial charge on any atom is 0.146 e. The number of aromatic nitrogens is 1. The summed E-state index contributed by atoms with van der Waals surface area (Å²) in [5.74, 6) is 6.27. The van der Waals surface area contributed by atoms with Gasteiger partial charge in [-0.05, 0) is 18.2 Å². The van der Waals surface area contributed by atoms with Gasteiger partial charge >= 0.3 is 0 Å². The molecule has 0 bridgehead atoms. The molecule has 1 aromatic heterocycles. The minimum absolute atomic E-state index is 0.366. The van der Waals surface area contributed by atoms with E-state index in [9.17, 15) is 4.39 Å². The molecular weight excluding hydrogens is 261 g/mol. The third-order valence-corrected chi connectivity index (χ3v) is 3.04. The van der Waals surface area contributed by atoms with Gasteiger partial charge in [0.15, 0.2) is 0 Å². The van der Waals surface area contributed by atoms with Gasteiger partial charge in [0.2, 0.25) is 0 Å². The Morgan fingerprint density at radius 2 is 1.85 bits per heavy atom. The number of rotatable bonds is 5. The topological polar surface area (TPSA) is 69.4 Å². The van der Waals surface area contributed by atoms with E-state index in [0.29, 0.717) is 22.6 Å². The van der Waals surface area contributed by atoms with Crippen LogP contribution in [0.1, 0.15) is 17.2 Å². The zero-order valence-electron chi connectivity index (χ0n) is 11.3. The summed E-state index contributed by atoms with van der Waals surface area (Å²) in [4.78, 5) is 3.73. The summed E-state index contributed by atoms with van der Waals surface area (Å²) in [7, 11) is 3.07. The largest absolute Gasteiger partial charge is 0.496 e. The average molecular weight is 277 g/mol. The Bertz CT molecular complexity index is 570. The molecule has 1 heterocycles. The van der Waals surface area contributed by atoms with Crippen molar-refractivity contribution in [3.8, 4) is 11.5 Å². The van der Waals surface area contributed by atoms with Crippen LogP contribution in [0.3, 0.4) is 0 Å². The quantitative estimate of drug-likeness (QED) is 0.644. The van der Waals surface area contributed by atoms with E-state index in [1.165, 1.54) is 20.4 Å². The van der Waals surface area contributed by atoms with Crippen molar-refractivity contribution in [2.45, 2.75) is 6.04 Å². The summed E-state index contributed by atoms with van der Waals surface area (Å²) in [5.41, 5.74) is 3.59. The number of benzene rings is 1. The van der Waals surface area contributed by atoms with Crippen LogP contribution in [0.15, 0.2) is 36.7 Å². The monoisotopic (exact) mass is 277 g/mol. The van der Waals surface area contributed by atoms with Crippen LogP contribution < -0.4 is 20.7 Å². The van der Waals surface area contributed by atoms with Gasteiger partial charge in [-0.1, -0.05) is 6.07 Å². The Kier molecular flexibility index (Phi) is 4.49. The summed E-state index contributed by atoms with van der Waals surface area (Å²) >= 11 is 0. The van der Waals surface area contributed by atoms with E-state index in [4.69, 9.17) is 15.3 Å². The first kappa shape index (κ1) is 14.2. The molecule has 1 unspecified atom stereocenters. The number of methoxy groups -OCH3 is 2. The van der Waals surface area contributed by atoms with Gasteiger partial charge in [0.1, 0.15) is 17.3 Å². The smallest absolute Gasteiger partial charge is 0.146 e. The van der Waals surface area contributed by atoms with Crippen LogP contribution in [-0.2, 0) is 0 Å². The standard InChI is InChI=1S/C14H16FN3O2/c1-19-11-4-3-5-12(20-2)13(11)14(18-16)9-6-7-17-8-10(9)15/h3-8,14,18H,16H2,1-2H3. The van der Waals surface area contributed by atoms with E-state index >= 15 is 0 Å². The Morgan fingerprint density at radius 1 is 1.20 bits per heavy atom. The van der Waals surface area contributed by atoms with Gasteiger partial charge in [0, 0.05) is 11.8 Å². The van der Waals surface area contributed by atoms with Crippen LogP contribution in [0.2, 0.25) is 0 Å². The average Bonchev–Trinajstić information content (AvgIpc) is 2.49. The van der Waals surface area contributed by atoms with Crippen molar-refractivity contribution in [1.29, 1.82) is 0 Å². The fourth-order valence-corrected chi connectivity index (χ4v) is 2.11. The van der Waals surface area contributed by atoms with Gasteiger partial charge in [-0.25, -0.2) is 9.82 Å².